The molecule has 5 heteroatoms. The highest BCUT2D eigenvalue weighted by Gasteiger charge is 2.40. The molecular weight excluding hydrogens is 288 g/mol. The maximum absolute atomic E-state index is 12.8. The van der Waals surface area contributed by atoms with Gasteiger partial charge in [-0.05, 0) is 18.4 Å². The number of fused-ring (bicyclic) bond motifs is 4. The van der Waals surface area contributed by atoms with E-state index in [1.807, 2.05) is 24.4 Å². The number of nitrogens with one attached hydrogen (secondary N) is 1. The third-order valence-corrected chi connectivity index (χ3v) is 5.01. The average Bonchev–Trinajstić information content (AvgIpc) is 2.94. The Labute approximate surface area is 136 Å². The largest absolute Gasteiger partial charge is 0.347 e. The van der Waals surface area contributed by atoms with E-state index in [0.29, 0.717) is 11.9 Å². The molecule has 0 spiro atoms. The van der Waals surface area contributed by atoms with Gasteiger partial charge in [-0.2, -0.15) is 0 Å². The summed E-state index contributed by atoms with van der Waals surface area (Å²) in [6.07, 6.45) is 5.72. The normalized spacial score (nSPS) is 24.9. The summed E-state index contributed by atoms with van der Waals surface area (Å²) < 4.78 is 0. The fourth-order valence-corrected chi connectivity index (χ4v) is 3.86. The van der Waals surface area contributed by atoms with Gasteiger partial charge in [0.1, 0.15) is 0 Å². The zero-order valence-electron chi connectivity index (χ0n) is 13.2. The molecule has 0 saturated carbocycles. The van der Waals surface area contributed by atoms with Crippen LogP contribution in [-0.4, -0.2) is 44.8 Å². The van der Waals surface area contributed by atoms with Crippen LogP contribution in [0.5, 0.6) is 0 Å². The summed E-state index contributed by atoms with van der Waals surface area (Å²) in [5, 5.41) is 0. The minimum Gasteiger partial charge on any atom is -0.347 e. The molecule has 2 bridgehead atoms. The van der Waals surface area contributed by atoms with E-state index in [1.165, 1.54) is 5.56 Å². The second-order valence-corrected chi connectivity index (χ2v) is 6.65. The van der Waals surface area contributed by atoms with Crippen molar-refractivity contribution in [2.75, 3.05) is 13.1 Å². The lowest BCUT2D eigenvalue weighted by atomic mass is 9.93. The fourth-order valence-electron chi connectivity index (χ4n) is 3.86. The van der Waals surface area contributed by atoms with E-state index in [4.69, 9.17) is 0 Å². The molecule has 0 radical (unpaired) electrons. The SMILES string of the molecule is O=C1C2CCC(CN(Cc3cnc[nH]3)C2)N1Cc1ccccc1. The van der Waals surface area contributed by atoms with Crippen LogP contribution >= 0.6 is 0 Å². The Morgan fingerprint density at radius 1 is 1.13 bits per heavy atom. The molecule has 1 aromatic carbocycles. The molecule has 4 heterocycles. The van der Waals surface area contributed by atoms with Crippen LogP contribution in [0.15, 0.2) is 42.9 Å². The van der Waals surface area contributed by atoms with Gasteiger partial charge in [-0.15, -0.1) is 0 Å². The minimum atomic E-state index is 0.139. The smallest absolute Gasteiger partial charge is 0.227 e. The standard InChI is InChI=1S/C18H22N4O/c23-18-15-6-7-17(22(18)9-14-4-2-1-3-5-14)12-21(10-15)11-16-8-19-13-20-16/h1-5,8,13,15,17H,6-7,9-12H2,(H,19,20). The van der Waals surface area contributed by atoms with Crippen LogP contribution in [0.1, 0.15) is 24.1 Å². The van der Waals surface area contributed by atoms with Crippen molar-refractivity contribution in [2.45, 2.75) is 32.0 Å². The molecule has 1 amide bonds. The molecule has 2 unspecified atom stereocenters. The Bertz CT molecular complexity index is 655. The molecular formula is C18H22N4O. The van der Waals surface area contributed by atoms with Crippen molar-refractivity contribution in [3.05, 3.63) is 54.1 Å². The first-order chi connectivity index (χ1) is 11.3. The fraction of sp³-hybridized carbons (Fsp3) is 0.444. The molecule has 23 heavy (non-hydrogen) atoms. The Balaban J connectivity index is 1.51. The van der Waals surface area contributed by atoms with Gasteiger partial charge >= 0.3 is 0 Å². The number of amides is 1. The predicted octanol–water partition coefficient (Wildman–Crippen LogP) is 2.03. The molecule has 5 nitrogen and oxygen atoms in total. The van der Waals surface area contributed by atoms with Crippen LogP contribution in [0, 0.1) is 5.92 Å². The first kappa shape index (κ1) is 14.5. The number of nitrogens with zero attached hydrogens (tertiary/aromatic N) is 3. The van der Waals surface area contributed by atoms with Gasteiger partial charge < -0.3 is 9.88 Å². The van der Waals surface area contributed by atoms with Gasteiger partial charge in [-0.1, -0.05) is 30.3 Å². The number of imidazole rings is 1. The second kappa shape index (κ2) is 6.16. The topological polar surface area (TPSA) is 52.2 Å². The molecule has 1 aromatic heterocycles. The first-order valence-corrected chi connectivity index (χ1v) is 8.33. The van der Waals surface area contributed by atoms with Gasteiger partial charge in [0, 0.05) is 44.1 Å². The van der Waals surface area contributed by atoms with Gasteiger partial charge in [-0.3, -0.25) is 9.69 Å². The molecule has 2 aromatic rings. The average molecular weight is 310 g/mol. The Hall–Kier alpha value is -2.14. The lowest BCUT2D eigenvalue weighted by molar-refractivity contribution is -0.140. The van der Waals surface area contributed by atoms with E-state index in [2.05, 4.69) is 31.9 Å². The van der Waals surface area contributed by atoms with E-state index in [-0.39, 0.29) is 5.92 Å². The quantitative estimate of drug-likeness (QED) is 0.940. The van der Waals surface area contributed by atoms with Crippen LogP contribution in [0.2, 0.25) is 0 Å². The van der Waals surface area contributed by atoms with E-state index in [1.54, 1.807) is 6.33 Å². The summed E-state index contributed by atoms with van der Waals surface area (Å²) >= 11 is 0. The van der Waals surface area contributed by atoms with Crippen LogP contribution in [-0.2, 0) is 17.9 Å². The highest BCUT2D eigenvalue weighted by Crippen LogP contribution is 2.30. The van der Waals surface area contributed by atoms with Crippen LogP contribution in [0.3, 0.4) is 0 Å². The number of rotatable bonds is 4. The summed E-state index contributed by atoms with van der Waals surface area (Å²) in [5.41, 5.74) is 2.34. The molecule has 2 atom stereocenters. The Morgan fingerprint density at radius 3 is 2.78 bits per heavy atom. The van der Waals surface area contributed by atoms with Crippen molar-refractivity contribution < 1.29 is 4.79 Å². The molecule has 1 N–H and O–H groups in total. The summed E-state index contributed by atoms with van der Waals surface area (Å²) in [5.74, 6) is 0.470. The lowest BCUT2D eigenvalue weighted by Gasteiger charge is -2.36. The zero-order valence-corrected chi connectivity index (χ0v) is 13.2. The highest BCUT2D eigenvalue weighted by atomic mass is 16.2. The minimum absolute atomic E-state index is 0.139. The van der Waals surface area contributed by atoms with Gasteiger partial charge in [-0.25, -0.2) is 4.98 Å². The predicted molar refractivity (Wildman–Crippen MR) is 87.4 cm³/mol. The molecule has 3 fully saturated rings. The summed E-state index contributed by atoms with van der Waals surface area (Å²) in [6, 6.07) is 10.6. The number of aromatic amines is 1. The number of H-pyrrole nitrogens is 1. The molecule has 5 rings (SSSR count). The summed E-state index contributed by atoms with van der Waals surface area (Å²) in [4.78, 5) is 24.6. The number of hydrogen-bond acceptors (Lipinski definition) is 3. The van der Waals surface area contributed by atoms with Crippen molar-refractivity contribution in [2.24, 2.45) is 5.92 Å². The summed E-state index contributed by atoms with van der Waals surface area (Å²) in [7, 11) is 0. The number of benzene rings is 1. The Morgan fingerprint density at radius 2 is 2.00 bits per heavy atom. The van der Waals surface area contributed by atoms with Gasteiger partial charge in [0.05, 0.1) is 12.2 Å². The Kier molecular flexibility index (Phi) is 3.87. The number of aromatic nitrogens is 2. The number of carbonyl (C=O) groups excluding carboxylic acids is 1. The van der Waals surface area contributed by atoms with Crippen molar-refractivity contribution in [3.63, 3.8) is 0 Å². The van der Waals surface area contributed by atoms with Gasteiger partial charge in [0.2, 0.25) is 5.91 Å². The van der Waals surface area contributed by atoms with E-state index < -0.39 is 0 Å². The van der Waals surface area contributed by atoms with Crippen molar-refractivity contribution in [3.8, 4) is 0 Å². The van der Waals surface area contributed by atoms with Crippen molar-refractivity contribution in [1.29, 1.82) is 0 Å². The number of hydrogen-bond donors (Lipinski definition) is 1. The van der Waals surface area contributed by atoms with E-state index >= 15 is 0 Å². The van der Waals surface area contributed by atoms with Crippen LogP contribution in [0.25, 0.3) is 0 Å². The summed E-state index contributed by atoms with van der Waals surface area (Å²) in [6.45, 7) is 3.39. The zero-order chi connectivity index (χ0) is 15.6. The maximum Gasteiger partial charge on any atom is 0.227 e. The third kappa shape index (κ3) is 3.01. The highest BCUT2D eigenvalue weighted by molar-refractivity contribution is 5.80. The molecule has 3 aliphatic heterocycles. The van der Waals surface area contributed by atoms with Crippen molar-refractivity contribution in [1.82, 2.24) is 19.8 Å². The van der Waals surface area contributed by atoms with E-state index in [0.717, 1.165) is 44.7 Å². The molecule has 120 valence electrons. The number of carbonyl (C=O) groups is 1. The molecule has 3 saturated heterocycles. The lowest BCUT2D eigenvalue weighted by Crippen LogP contribution is -2.47. The third-order valence-electron chi connectivity index (χ3n) is 5.01. The van der Waals surface area contributed by atoms with Crippen LogP contribution in [0.4, 0.5) is 0 Å². The monoisotopic (exact) mass is 310 g/mol. The van der Waals surface area contributed by atoms with Crippen LogP contribution < -0.4 is 0 Å². The van der Waals surface area contributed by atoms with Crippen molar-refractivity contribution >= 4 is 5.91 Å². The maximum atomic E-state index is 12.8. The number of piperidine rings is 1. The first-order valence-electron chi connectivity index (χ1n) is 8.33. The van der Waals surface area contributed by atoms with Gasteiger partial charge in [0.25, 0.3) is 0 Å². The second-order valence-electron chi connectivity index (χ2n) is 6.65. The molecule has 0 aliphatic carbocycles. The molecule has 3 aliphatic rings. The van der Waals surface area contributed by atoms with E-state index in [9.17, 15) is 4.79 Å². The van der Waals surface area contributed by atoms with Gasteiger partial charge in [0.15, 0.2) is 0 Å².